The molecule has 0 N–H and O–H groups in total. The van der Waals surface area contributed by atoms with Gasteiger partial charge in [-0.1, -0.05) is 0 Å². The third kappa shape index (κ3) is 3.45. The molecular formula is C21H17Cl2OTi. The van der Waals surface area contributed by atoms with Crippen molar-refractivity contribution in [1.82, 2.24) is 0 Å². The van der Waals surface area contributed by atoms with Crippen molar-refractivity contribution in [2.24, 2.45) is 0 Å². The van der Waals surface area contributed by atoms with E-state index >= 15 is 0 Å². The maximum Gasteiger partial charge on any atom is -1.00 e. The molecular weight excluding hydrogens is 387 g/mol. The van der Waals surface area contributed by atoms with E-state index in [0.717, 1.165) is 0 Å². The van der Waals surface area contributed by atoms with Crippen molar-refractivity contribution < 1.29 is 49.0 Å². The number of hydrogen-bond donors (Lipinski definition) is 0. The molecule has 1 aliphatic carbocycles. The van der Waals surface area contributed by atoms with Gasteiger partial charge in [-0.2, -0.15) is 0 Å². The van der Waals surface area contributed by atoms with E-state index in [1.165, 1.54) is 33.4 Å². The molecule has 1 nitrogen and oxygen atoms in total. The van der Waals surface area contributed by atoms with E-state index in [0.29, 0.717) is 0 Å². The maximum absolute atomic E-state index is 5.61. The van der Waals surface area contributed by atoms with Crippen molar-refractivity contribution in [3.8, 4) is 11.1 Å². The minimum atomic E-state index is 0. The summed E-state index contributed by atoms with van der Waals surface area (Å²) in [5.41, 5.74) is 8.11. The Morgan fingerprint density at radius 2 is 1.16 bits per heavy atom. The standard InChI is InChI=1S/C21H17O.2ClH.Ti/c1-14(22)15-8-2-5-11-18(15)21-19-12-6-3-9-16(19)17-10-4-7-13-20(17)21;;;/h2-14,21H,1H3;2*1H;/q-1;;;+3/p-2. The largest absolute Gasteiger partial charge is 1.00 e. The van der Waals surface area contributed by atoms with Gasteiger partial charge in [-0.15, -0.1) is 0 Å². The van der Waals surface area contributed by atoms with Crippen LogP contribution in [0, 0.1) is 0 Å². The molecule has 1 aliphatic rings. The zero-order valence-electron chi connectivity index (χ0n) is 13.7. The summed E-state index contributed by atoms with van der Waals surface area (Å²) in [4.78, 5) is 0. The van der Waals surface area contributed by atoms with E-state index in [4.69, 9.17) is 3.32 Å². The van der Waals surface area contributed by atoms with Crippen LogP contribution >= 0.6 is 0 Å². The molecule has 3 aromatic rings. The van der Waals surface area contributed by atoms with Crippen LogP contribution in [0.1, 0.15) is 41.2 Å². The van der Waals surface area contributed by atoms with E-state index in [1.807, 2.05) is 0 Å². The summed E-state index contributed by atoms with van der Waals surface area (Å²) in [5, 5.41) is 0. The second-order valence-corrected chi connectivity index (χ2v) is 6.36. The third-order valence-corrected chi connectivity index (χ3v) is 5.31. The molecule has 0 fully saturated rings. The summed E-state index contributed by atoms with van der Waals surface area (Å²) in [5.74, 6) is 0.288. The first kappa shape index (κ1) is 20.2. The van der Waals surface area contributed by atoms with E-state index in [9.17, 15) is 0 Å². The Hall–Kier alpha value is -1.09. The van der Waals surface area contributed by atoms with Gasteiger partial charge in [0, 0.05) is 0 Å². The van der Waals surface area contributed by atoms with Crippen LogP contribution in [-0.2, 0) is 24.1 Å². The first-order valence-corrected chi connectivity index (χ1v) is 8.54. The van der Waals surface area contributed by atoms with Crippen molar-refractivity contribution in [1.29, 1.82) is 0 Å². The fourth-order valence-corrected chi connectivity index (χ4v) is 3.90. The van der Waals surface area contributed by atoms with Gasteiger partial charge in [-0.05, 0) is 0 Å². The predicted octanol–water partition coefficient (Wildman–Crippen LogP) is -0.605. The molecule has 3 aromatic carbocycles. The summed E-state index contributed by atoms with van der Waals surface area (Å²) in [6.07, 6.45) is 0.0890. The first-order valence-electron chi connectivity index (χ1n) is 7.90. The zero-order chi connectivity index (χ0) is 15.8. The second kappa shape index (κ2) is 8.53. The maximum atomic E-state index is 5.61. The molecule has 4 rings (SSSR count). The number of fused-ring (bicyclic) bond motifs is 3. The Morgan fingerprint density at radius 3 is 1.68 bits per heavy atom. The fourth-order valence-electron chi connectivity index (χ4n) is 3.70. The van der Waals surface area contributed by atoms with Crippen LogP contribution in [0.5, 0.6) is 0 Å². The van der Waals surface area contributed by atoms with Crippen LogP contribution in [-0.4, -0.2) is 0 Å². The molecule has 25 heavy (non-hydrogen) atoms. The molecule has 4 heteroatoms. The molecule has 0 saturated heterocycles. The van der Waals surface area contributed by atoms with Gasteiger partial charge in [-0.3, -0.25) is 0 Å². The molecule has 1 unspecified atom stereocenters. The van der Waals surface area contributed by atoms with Crippen molar-refractivity contribution in [3.05, 3.63) is 95.1 Å². The van der Waals surface area contributed by atoms with Gasteiger partial charge in [0.15, 0.2) is 0 Å². The number of rotatable bonds is 3. The molecule has 1 atom stereocenters. The van der Waals surface area contributed by atoms with E-state index < -0.39 is 0 Å². The van der Waals surface area contributed by atoms with Crippen LogP contribution in [0.3, 0.4) is 0 Å². The van der Waals surface area contributed by atoms with Crippen LogP contribution in [0.4, 0.5) is 0 Å². The molecule has 0 amide bonds. The molecule has 0 heterocycles. The smallest absolute Gasteiger partial charge is 1.00 e. The van der Waals surface area contributed by atoms with Gasteiger partial charge >= 0.3 is 149 Å². The van der Waals surface area contributed by atoms with Crippen LogP contribution in [0.25, 0.3) is 11.1 Å². The number of hydrogen-bond acceptors (Lipinski definition) is 1. The van der Waals surface area contributed by atoms with Crippen molar-refractivity contribution >= 4 is 0 Å². The molecule has 0 radical (unpaired) electrons. The fraction of sp³-hybridized carbons (Fsp3) is 0.143. The van der Waals surface area contributed by atoms with Gasteiger partial charge in [-0.25, -0.2) is 0 Å². The molecule has 0 aliphatic heterocycles. The van der Waals surface area contributed by atoms with Gasteiger partial charge in [0.05, 0.1) is 0 Å². The summed E-state index contributed by atoms with van der Waals surface area (Å²) in [6, 6.07) is 26.2. The topological polar surface area (TPSA) is 9.23 Å². The van der Waals surface area contributed by atoms with Gasteiger partial charge < -0.3 is 24.8 Å². The normalized spacial score (nSPS) is 13.2. The second-order valence-electron chi connectivity index (χ2n) is 6.00. The molecule has 0 bridgehead atoms. The van der Waals surface area contributed by atoms with E-state index in [1.54, 1.807) is 20.8 Å². The average Bonchev–Trinajstić information content (AvgIpc) is 2.95. The van der Waals surface area contributed by atoms with Crippen molar-refractivity contribution in [2.45, 2.75) is 18.9 Å². The predicted molar refractivity (Wildman–Crippen MR) is 88.8 cm³/mol. The minimum Gasteiger partial charge on any atom is -1.00 e. The number of benzene rings is 3. The zero-order valence-corrected chi connectivity index (χ0v) is 16.8. The van der Waals surface area contributed by atoms with Crippen LogP contribution in [0.2, 0.25) is 0 Å². The Morgan fingerprint density at radius 1 is 0.720 bits per heavy atom. The Balaban J connectivity index is 0.00000113. The third-order valence-electron chi connectivity index (χ3n) is 4.76. The van der Waals surface area contributed by atoms with Gasteiger partial charge in [0.1, 0.15) is 0 Å². The Kier molecular flexibility index (Phi) is 6.90. The SMILES string of the molecule is CC([O][Ti+2])c1ccccc1C1c2ccccc2-c2ccccc21.[Cl-].[Cl-]. The van der Waals surface area contributed by atoms with E-state index in [-0.39, 0.29) is 36.8 Å². The van der Waals surface area contributed by atoms with Crippen molar-refractivity contribution in [2.75, 3.05) is 0 Å². The molecule has 0 aromatic heterocycles. The van der Waals surface area contributed by atoms with Crippen LogP contribution < -0.4 is 24.8 Å². The average molecular weight is 404 g/mol. The minimum absolute atomic E-state index is 0. The number of halogens is 2. The Labute approximate surface area is 173 Å². The monoisotopic (exact) mass is 403 g/mol. The first-order chi connectivity index (χ1) is 11.3. The summed E-state index contributed by atoms with van der Waals surface area (Å²) < 4.78 is 5.61. The summed E-state index contributed by atoms with van der Waals surface area (Å²) >= 11 is 1.78. The Bertz CT molecular complexity index is 820. The summed E-state index contributed by atoms with van der Waals surface area (Å²) in [7, 11) is 0. The van der Waals surface area contributed by atoms with Gasteiger partial charge in [0.2, 0.25) is 0 Å². The van der Waals surface area contributed by atoms with Crippen molar-refractivity contribution in [3.63, 3.8) is 0 Å². The molecule has 125 valence electrons. The van der Waals surface area contributed by atoms with Crippen LogP contribution in [0.15, 0.2) is 72.8 Å². The summed E-state index contributed by atoms with van der Waals surface area (Å²) in [6.45, 7) is 2.12. The quantitative estimate of drug-likeness (QED) is 0.415. The van der Waals surface area contributed by atoms with E-state index in [2.05, 4.69) is 79.7 Å². The molecule has 0 spiro atoms. The molecule has 0 saturated carbocycles. The van der Waals surface area contributed by atoms with Gasteiger partial charge in [0.25, 0.3) is 0 Å².